The first-order valence-electron chi connectivity index (χ1n) is 12.7. The second-order valence-electron chi connectivity index (χ2n) is 9.56. The molecule has 0 radical (unpaired) electrons. The molecule has 188 valence electrons. The highest BCUT2D eigenvalue weighted by atomic mass is 16.6. The number of carbonyl (C=O) groups is 1. The third kappa shape index (κ3) is 5.70. The molecule has 1 aromatic carbocycles. The first kappa shape index (κ1) is 23.9. The smallest absolute Gasteiger partial charge is 0.225 e. The molecule has 1 aromatic heterocycles. The van der Waals surface area contributed by atoms with Gasteiger partial charge >= 0.3 is 0 Å². The quantitative estimate of drug-likeness (QED) is 0.651. The van der Waals surface area contributed by atoms with E-state index >= 15 is 0 Å². The maximum absolute atomic E-state index is 12.8. The Morgan fingerprint density at radius 1 is 1.09 bits per heavy atom. The van der Waals surface area contributed by atoms with Crippen molar-refractivity contribution >= 4 is 5.91 Å². The number of nitrogens with zero attached hydrogens (tertiary/aromatic N) is 2. The third-order valence-electron chi connectivity index (χ3n) is 7.20. The summed E-state index contributed by atoms with van der Waals surface area (Å²) in [7, 11) is 1.61. The van der Waals surface area contributed by atoms with Crippen LogP contribution in [0.1, 0.15) is 25.7 Å². The molecule has 1 atom stereocenters. The van der Waals surface area contributed by atoms with Gasteiger partial charge in [-0.15, -0.1) is 0 Å². The highest BCUT2D eigenvalue weighted by Crippen LogP contribution is 2.40. The van der Waals surface area contributed by atoms with E-state index in [2.05, 4.69) is 15.2 Å². The zero-order valence-corrected chi connectivity index (χ0v) is 20.4. The topological polar surface area (TPSA) is 82.2 Å². The number of pyridine rings is 1. The molecule has 1 amide bonds. The lowest BCUT2D eigenvalue weighted by atomic mass is 9.93. The van der Waals surface area contributed by atoms with Crippen molar-refractivity contribution in [2.75, 3.05) is 53.1 Å². The molecule has 3 aliphatic rings. The molecule has 0 aliphatic carbocycles. The standard InChI is InChI=1S/C27H35N3O5/c1-32-25-7-3-5-23(29-25)22-4-2-6-24-26(22)35-21(18-34-24)17-28-16-19-8-12-30(13-9-19)27(31)20-10-14-33-15-11-20/h2-7,19-21,28H,8-18H2,1H3. The number of hydrogen-bond acceptors (Lipinski definition) is 7. The Morgan fingerprint density at radius 2 is 1.89 bits per heavy atom. The van der Waals surface area contributed by atoms with Crippen molar-refractivity contribution in [3.63, 3.8) is 0 Å². The number of ether oxygens (including phenoxy) is 4. The second kappa shape index (κ2) is 11.3. The van der Waals surface area contributed by atoms with Crippen molar-refractivity contribution in [2.45, 2.75) is 31.8 Å². The molecule has 0 spiro atoms. The lowest BCUT2D eigenvalue weighted by Gasteiger charge is -2.35. The number of fused-ring (bicyclic) bond motifs is 1. The summed E-state index contributed by atoms with van der Waals surface area (Å²) < 4.78 is 23.1. The van der Waals surface area contributed by atoms with Gasteiger partial charge in [0.05, 0.1) is 12.8 Å². The van der Waals surface area contributed by atoms with E-state index in [0.717, 1.165) is 68.1 Å². The highest BCUT2D eigenvalue weighted by Gasteiger charge is 2.30. The number of methoxy groups -OCH3 is 1. The molecular formula is C27H35N3O5. The van der Waals surface area contributed by atoms with E-state index in [-0.39, 0.29) is 12.0 Å². The van der Waals surface area contributed by atoms with Gasteiger partial charge in [-0.1, -0.05) is 12.1 Å². The predicted molar refractivity (Wildman–Crippen MR) is 132 cm³/mol. The number of rotatable bonds is 7. The van der Waals surface area contributed by atoms with Crippen LogP contribution in [0, 0.1) is 11.8 Å². The van der Waals surface area contributed by atoms with E-state index in [9.17, 15) is 4.79 Å². The van der Waals surface area contributed by atoms with Gasteiger partial charge in [-0.05, 0) is 56.3 Å². The molecule has 2 aromatic rings. The summed E-state index contributed by atoms with van der Waals surface area (Å²) in [6, 6.07) is 11.6. The molecule has 8 nitrogen and oxygen atoms in total. The Kier molecular flexibility index (Phi) is 7.69. The SMILES string of the molecule is COc1cccc(-c2cccc3c2OC(CNCC2CCN(C(=O)C4CCOCC4)CC2)CO3)n1. The van der Waals surface area contributed by atoms with Crippen LogP contribution in [-0.4, -0.2) is 75.0 Å². The van der Waals surface area contributed by atoms with Crippen LogP contribution in [0.3, 0.4) is 0 Å². The van der Waals surface area contributed by atoms with E-state index < -0.39 is 0 Å². The Labute approximate surface area is 206 Å². The molecule has 3 aliphatic heterocycles. The molecule has 8 heteroatoms. The molecule has 35 heavy (non-hydrogen) atoms. The number of piperidine rings is 1. The summed E-state index contributed by atoms with van der Waals surface area (Å²) in [5.41, 5.74) is 1.69. The second-order valence-corrected chi connectivity index (χ2v) is 9.56. The summed E-state index contributed by atoms with van der Waals surface area (Å²) in [6.45, 7) is 5.28. The maximum atomic E-state index is 12.8. The number of aromatic nitrogens is 1. The predicted octanol–water partition coefficient (Wildman–Crippen LogP) is 3.15. The fraction of sp³-hybridized carbons (Fsp3) is 0.556. The fourth-order valence-corrected chi connectivity index (χ4v) is 5.12. The minimum absolute atomic E-state index is 0.0792. The first-order chi connectivity index (χ1) is 17.2. The summed E-state index contributed by atoms with van der Waals surface area (Å²) >= 11 is 0. The van der Waals surface area contributed by atoms with Gasteiger partial charge in [0.2, 0.25) is 11.8 Å². The number of likely N-dealkylation sites (tertiary alicyclic amines) is 1. The van der Waals surface area contributed by atoms with Gasteiger partial charge in [-0.3, -0.25) is 4.79 Å². The number of hydrogen-bond donors (Lipinski definition) is 1. The van der Waals surface area contributed by atoms with Crippen LogP contribution < -0.4 is 19.5 Å². The van der Waals surface area contributed by atoms with E-state index in [1.165, 1.54) is 0 Å². The van der Waals surface area contributed by atoms with Crippen molar-refractivity contribution in [3.8, 4) is 28.6 Å². The van der Waals surface area contributed by atoms with Crippen molar-refractivity contribution in [3.05, 3.63) is 36.4 Å². The fourth-order valence-electron chi connectivity index (χ4n) is 5.12. The average molecular weight is 482 g/mol. The van der Waals surface area contributed by atoms with Crippen LogP contribution in [-0.2, 0) is 9.53 Å². The van der Waals surface area contributed by atoms with Gasteiger partial charge in [-0.2, -0.15) is 0 Å². The van der Waals surface area contributed by atoms with E-state index in [1.54, 1.807) is 7.11 Å². The Balaban J connectivity index is 1.10. The molecule has 0 saturated carbocycles. The van der Waals surface area contributed by atoms with Crippen molar-refractivity contribution in [1.29, 1.82) is 0 Å². The minimum Gasteiger partial charge on any atom is -0.486 e. The van der Waals surface area contributed by atoms with Crippen LogP contribution in [0.2, 0.25) is 0 Å². The number of para-hydroxylation sites is 1. The van der Waals surface area contributed by atoms with Crippen molar-refractivity contribution < 1.29 is 23.7 Å². The minimum atomic E-state index is -0.0792. The number of carbonyl (C=O) groups excluding carboxylic acids is 1. The van der Waals surface area contributed by atoms with Crippen LogP contribution >= 0.6 is 0 Å². The van der Waals surface area contributed by atoms with Gasteiger partial charge in [0.1, 0.15) is 12.7 Å². The lowest BCUT2D eigenvalue weighted by Crippen LogP contribution is -2.45. The molecular weight excluding hydrogens is 446 g/mol. The number of benzene rings is 1. The van der Waals surface area contributed by atoms with Crippen molar-refractivity contribution in [2.24, 2.45) is 11.8 Å². The van der Waals surface area contributed by atoms with Gasteiger partial charge in [0.15, 0.2) is 11.5 Å². The van der Waals surface area contributed by atoms with Crippen LogP contribution in [0.5, 0.6) is 17.4 Å². The molecule has 1 unspecified atom stereocenters. The van der Waals surface area contributed by atoms with Gasteiger partial charge in [-0.25, -0.2) is 4.98 Å². The third-order valence-corrected chi connectivity index (χ3v) is 7.20. The Morgan fingerprint density at radius 3 is 2.69 bits per heavy atom. The van der Waals surface area contributed by atoms with Gasteiger partial charge in [0, 0.05) is 50.4 Å². The maximum Gasteiger partial charge on any atom is 0.225 e. The molecule has 4 heterocycles. The summed E-state index contributed by atoms with van der Waals surface area (Å²) in [5.74, 6) is 3.09. The Bertz CT molecular complexity index is 1000. The molecule has 2 fully saturated rings. The highest BCUT2D eigenvalue weighted by molar-refractivity contribution is 5.79. The van der Waals surface area contributed by atoms with Gasteiger partial charge < -0.3 is 29.2 Å². The molecule has 0 bridgehead atoms. The Hall–Kier alpha value is -2.84. The largest absolute Gasteiger partial charge is 0.486 e. The van der Waals surface area contributed by atoms with Crippen LogP contribution in [0.25, 0.3) is 11.3 Å². The van der Waals surface area contributed by atoms with Gasteiger partial charge in [0.25, 0.3) is 0 Å². The monoisotopic (exact) mass is 481 g/mol. The van der Waals surface area contributed by atoms with Crippen LogP contribution in [0.4, 0.5) is 0 Å². The summed E-state index contributed by atoms with van der Waals surface area (Å²) in [6.07, 6.45) is 3.73. The van der Waals surface area contributed by atoms with E-state index in [0.29, 0.717) is 44.1 Å². The zero-order valence-electron chi connectivity index (χ0n) is 20.4. The average Bonchev–Trinajstić information content (AvgIpc) is 2.93. The van der Waals surface area contributed by atoms with Crippen LogP contribution in [0.15, 0.2) is 36.4 Å². The normalized spacial score (nSPS) is 21.1. The van der Waals surface area contributed by atoms with Crippen molar-refractivity contribution in [1.82, 2.24) is 15.2 Å². The summed E-state index contributed by atoms with van der Waals surface area (Å²) in [4.78, 5) is 19.4. The van der Waals surface area contributed by atoms with E-state index in [4.69, 9.17) is 18.9 Å². The number of amides is 1. The number of nitrogens with one attached hydrogen (secondary N) is 1. The summed E-state index contributed by atoms with van der Waals surface area (Å²) in [5, 5.41) is 3.58. The first-order valence-corrected chi connectivity index (χ1v) is 12.7. The lowest BCUT2D eigenvalue weighted by molar-refractivity contribution is -0.139. The molecule has 2 saturated heterocycles. The molecule has 5 rings (SSSR count). The van der Waals surface area contributed by atoms with E-state index in [1.807, 2.05) is 36.4 Å². The zero-order chi connectivity index (χ0) is 24.0. The molecule has 1 N–H and O–H groups in total.